The molecule has 2 aromatic heterocycles. The Morgan fingerprint density at radius 3 is 2.65 bits per heavy atom. The third kappa shape index (κ3) is 6.12. The summed E-state index contributed by atoms with van der Waals surface area (Å²) >= 11 is 15.1. The zero-order valence-corrected chi connectivity index (χ0v) is 22.8. The van der Waals surface area contributed by atoms with E-state index in [1.165, 1.54) is 0 Å². The monoisotopic (exact) mass is 610 g/mol. The number of rotatable bonds is 10. The highest BCUT2D eigenvalue weighted by Crippen LogP contribution is 2.40. The average molecular weight is 612 g/mol. The summed E-state index contributed by atoms with van der Waals surface area (Å²) < 4.78 is 25.5. The van der Waals surface area contributed by atoms with E-state index in [1.54, 1.807) is 19.5 Å². The second-order valence-corrected chi connectivity index (χ2v) is 9.40. The number of benzene rings is 2. The smallest absolute Gasteiger partial charge is 0.263 e. The van der Waals surface area contributed by atoms with E-state index in [9.17, 15) is 9.18 Å². The Balaban J connectivity index is 1.41. The summed E-state index contributed by atoms with van der Waals surface area (Å²) in [6, 6.07) is 7.54. The lowest BCUT2D eigenvalue weighted by atomic mass is 10.2. The minimum Gasteiger partial charge on any atom is -0.497 e. The van der Waals surface area contributed by atoms with Crippen LogP contribution in [0, 0.1) is 5.82 Å². The normalized spacial score (nSPS) is 11.9. The van der Waals surface area contributed by atoms with Crippen LogP contribution in [0.2, 0.25) is 10.3 Å². The van der Waals surface area contributed by atoms with E-state index in [0.29, 0.717) is 18.9 Å². The predicted octanol–water partition coefficient (Wildman–Crippen LogP) is 5.27. The molecule has 0 aliphatic heterocycles. The topological polar surface area (TPSA) is 114 Å². The van der Waals surface area contributed by atoms with Crippen LogP contribution in [0.5, 0.6) is 11.5 Å². The van der Waals surface area contributed by atoms with Crippen molar-refractivity contribution in [2.75, 3.05) is 25.6 Å². The number of hydrogen-bond donors (Lipinski definition) is 3. The molecule has 3 N–H and O–H groups in total. The Kier molecular flexibility index (Phi) is 8.80. The summed E-state index contributed by atoms with van der Waals surface area (Å²) in [5.74, 6) is 0.636. The van der Waals surface area contributed by atoms with Crippen LogP contribution in [0.4, 0.5) is 10.2 Å². The fourth-order valence-corrected chi connectivity index (χ4v) is 4.39. The van der Waals surface area contributed by atoms with Gasteiger partial charge in [-0.2, -0.15) is 0 Å². The highest BCUT2D eigenvalue weighted by molar-refractivity contribution is 9.10. The summed E-state index contributed by atoms with van der Waals surface area (Å²) in [5, 5.41) is 6.18. The number of hydrogen-bond acceptors (Lipinski definition) is 8. The molecule has 0 radical (unpaired) electrons. The molecule has 2 heterocycles. The lowest BCUT2D eigenvalue weighted by Gasteiger charge is -2.18. The Morgan fingerprint density at radius 1 is 1.19 bits per heavy atom. The van der Waals surface area contributed by atoms with Gasteiger partial charge in [-0.25, -0.2) is 14.4 Å². The van der Waals surface area contributed by atoms with Crippen LogP contribution in [-0.2, 0) is 6.54 Å². The molecule has 2 aromatic carbocycles. The van der Waals surface area contributed by atoms with E-state index in [-0.39, 0.29) is 44.1 Å². The van der Waals surface area contributed by atoms with Gasteiger partial charge in [0.2, 0.25) is 5.28 Å². The minimum atomic E-state index is -0.801. The third-order valence-electron chi connectivity index (χ3n) is 5.46. The van der Waals surface area contributed by atoms with E-state index >= 15 is 0 Å². The maximum Gasteiger partial charge on any atom is 0.263 e. The number of halogens is 4. The average Bonchev–Trinajstić information content (AvgIpc) is 2.90. The van der Waals surface area contributed by atoms with Crippen molar-refractivity contribution in [3.63, 3.8) is 0 Å². The number of nitrogens with zero attached hydrogens (tertiary/aromatic N) is 3. The van der Waals surface area contributed by atoms with Gasteiger partial charge in [-0.15, -0.1) is 0 Å². The molecule has 0 amide bonds. The molecule has 194 valence electrons. The molecule has 9 nitrogen and oxygen atoms in total. The summed E-state index contributed by atoms with van der Waals surface area (Å²) in [4.78, 5) is 27.5. The summed E-state index contributed by atoms with van der Waals surface area (Å²) in [6.07, 6.45) is 3.24. The molecule has 4 rings (SSSR count). The van der Waals surface area contributed by atoms with Crippen molar-refractivity contribution in [3.05, 3.63) is 78.9 Å². The Morgan fingerprint density at radius 2 is 1.92 bits per heavy atom. The number of fused-ring (bicyclic) bond motifs is 1. The molecule has 0 fully saturated rings. The number of ether oxygens (including phenoxy) is 2. The molecular weight excluding hydrogens is 590 g/mol. The fraction of sp³-hybridized carbons (Fsp3) is 0.250. The van der Waals surface area contributed by atoms with Crippen LogP contribution >= 0.6 is 39.1 Å². The van der Waals surface area contributed by atoms with Crippen LogP contribution in [0.3, 0.4) is 0 Å². The first-order valence-electron chi connectivity index (χ1n) is 11.1. The first-order valence-corrected chi connectivity index (χ1v) is 12.6. The number of nitrogens with one attached hydrogen (secondary N) is 3. The second kappa shape index (κ2) is 12.0. The van der Waals surface area contributed by atoms with Crippen molar-refractivity contribution >= 4 is 55.9 Å². The zero-order valence-electron chi connectivity index (χ0n) is 19.7. The van der Waals surface area contributed by atoms with Gasteiger partial charge >= 0.3 is 0 Å². The molecule has 1 atom stereocenters. The molecule has 13 heteroatoms. The number of H-pyrrole nitrogens is 1. The van der Waals surface area contributed by atoms with E-state index in [1.807, 2.05) is 31.2 Å². The summed E-state index contributed by atoms with van der Waals surface area (Å²) in [6.45, 7) is 2.98. The van der Waals surface area contributed by atoms with Gasteiger partial charge in [-0.05, 0) is 52.2 Å². The molecule has 0 aliphatic carbocycles. The van der Waals surface area contributed by atoms with Crippen LogP contribution in [-0.4, -0.2) is 40.2 Å². The van der Waals surface area contributed by atoms with Crippen molar-refractivity contribution in [2.24, 2.45) is 0 Å². The summed E-state index contributed by atoms with van der Waals surface area (Å²) in [7, 11) is 1.63. The van der Waals surface area contributed by atoms with Crippen LogP contribution < -0.4 is 25.7 Å². The van der Waals surface area contributed by atoms with Crippen molar-refractivity contribution in [1.82, 2.24) is 25.3 Å². The standard InChI is InChI=1S/C24H22BrCl2FN6O3/c1-12(19-22(31-8-7-30-19)32-11-13-3-5-14(36-2)6-4-13)29-9-10-37-21-15-20(18(28)16(25)17(21)26)33-24(27)34-23(15)35/h3-8,12,29H,9-11H2,1-2H3,(H,31,32)(H,33,34,35)/t12-/m1/s1. The van der Waals surface area contributed by atoms with Gasteiger partial charge in [0.25, 0.3) is 5.56 Å². The van der Waals surface area contributed by atoms with Gasteiger partial charge in [0.15, 0.2) is 11.6 Å². The molecule has 4 aromatic rings. The SMILES string of the molecule is COc1ccc(CNc2nccnc2[C@@H](C)NCCOc2c(Cl)c(Br)c(F)c3nc(Cl)[nH]c(=O)c23)cc1. The number of methoxy groups -OCH3 is 1. The lowest BCUT2D eigenvalue weighted by molar-refractivity contribution is 0.310. The largest absolute Gasteiger partial charge is 0.497 e. The molecule has 0 saturated heterocycles. The number of aromatic amines is 1. The van der Waals surface area contributed by atoms with Gasteiger partial charge in [0, 0.05) is 25.5 Å². The first-order chi connectivity index (χ1) is 17.8. The van der Waals surface area contributed by atoms with Crippen LogP contribution in [0.1, 0.15) is 24.2 Å². The first kappa shape index (κ1) is 27.1. The quantitative estimate of drug-likeness (QED) is 0.126. The minimum absolute atomic E-state index is 0.00571. The Hall–Kier alpha value is -2.99. The maximum absolute atomic E-state index is 14.6. The second-order valence-electron chi connectivity index (χ2n) is 7.87. The van der Waals surface area contributed by atoms with Crippen molar-refractivity contribution in [2.45, 2.75) is 19.5 Å². The van der Waals surface area contributed by atoms with Gasteiger partial charge < -0.3 is 20.1 Å². The van der Waals surface area contributed by atoms with E-state index in [2.05, 4.69) is 46.5 Å². The van der Waals surface area contributed by atoms with Crippen LogP contribution in [0.15, 0.2) is 45.9 Å². The molecule has 0 saturated carbocycles. The highest BCUT2D eigenvalue weighted by Gasteiger charge is 2.22. The van der Waals surface area contributed by atoms with Crippen molar-refractivity contribution in [3.8, 4) is 11.5 Å². The molecule has 0 bridgehead atoms. The van der Waals surface area contributed by atoms with Gasteiger partial charge in [0.05, 0.1) is 23.3 Å². The van der Waals surface area contributed by atoms with E-state index in [4.69, 9.17) is 32.7 Å². The molecule has 0 unspecified atom stereocenters. The predicted molar refractivity (Wildman–Crippen MR) is 144 cm³/mol. The van der Waals surface area contributed by atoms with E-state index in [0.717, 1.165) is 17.0 Å². The molecule has 0 spiro atoms. The van der Waals surface area contributed by atoms with Gasteiger partial charge in [-0.1, -0.05) is 23.7 Å². The Bertz CT molecular complexity index is 1470. The van der Waals surface area contributed by atoms with Crippen molar-refractivity contribution < 1.29 is 13.9 Å². The zero-order chi connectivity index (χ0) is 26.5. The number of anilines is 1. The van der Waals surface area contributed by atoms with E-state index < -0.39 is 11.4 Å². The van der Waals surface area contributed by atoms with Gasteiger partial charge in [0.1, 0.15) is 34.1 Å². The van der Waals surface area contributed by atoms with Crippen molar-refractivity contribution in [1.29, 1.82) is 0 Å². The molecule has 37 heavy (non-hydrogen) atoms. The third-order valence-corrected chi connectivity index (χ3v) is 6.98. The maximum atomic E-state index is 14.6. The molecular formula is C24H22BrCl2FN6O3. The summed E-state index contributed by atoms with van der Waals surface area (Å²) in [5.41, 5.74) is 0.881. The fourth-order valence-electron chi connectivity index (χ4n) is 3.62. The molecule has 0 aliphatic rings. The Labute approximate surface area is 229 Å². The highest BCUT2D eigenvalue weighted by atomic mass is 79.9. The lowest BCUT2D eigenvalue weighted by Crippen LogP contribution is -2.26. The van der Waals surface area contributed by atoms with Crippen LogP contribution in [0.25, 0.3) is 10.9 Å². The van der Waals surface area contributed by atoms with Gasteiger partial charge in [-0.3, -0.25) is 14.8 Å². The number of aromatic nitrogens is 4.